The van der Waals surface area contributed by atoms with Gasteiger partial charge in [-0.3, -0.25) is 19.3 Å². The zero-order valence-electron chi connectivity index (χ0n) is 15.7. The molecule has 3 rings (SSSR count). The third-order valence-corrected chi connectivity index (χ3v) is 6.93. The van der Waals surface area contributed by atoms with Crippen LogP contribution in [0.15, 0.2) is 12.2 Å². The van der Waals surface area contributed by atoms with Crippen LogP contribution in [0, 0.1) is 11.8 Å². The Kier molecular flexibility index (Phi) is 6.60. The Balaban J connectivity index is 1.48. The monoisotopic (exact) mass is 397 g/mol. The zero-order valence-corrected chi connectivity index (χ0v) is 16.5. The van der Waals surface area contributed by atoms with Crippen molar-refractivity contribution in [2.75, 3.05) is 12.8 Å². The Bertz CT molecular complexity index is 597. The molecule has 1 saturated carbocycles. The van der Waals surface area contributed by atoms with Gasteiger partial charge in [0.1, 0.15) is 6.10 Å². The van der Waals surface area contributed by atoms with Crippen molar-refractivity contribution >= 4 is 29.5 Å². The van der Waals surface area contributed by atoms with Crippen LogP contribution in [0.1, 0.15) is 39.0 Å². The number of carbonyl (C=O) groups is 3. The second-order valence-electron chi connectivity index (χ2n) is 7.55. The summed E-state index contributed by atoms with van der Waals surface area (Å²) in [7, 11) is 0. The predicted molar refractivity (Wildman–Crippen MR) is 99.7 cm³/mol. The molecular formula is C19H27NO6S. The highest BCUT2D eigenvalue weighted by atomic mass is 32.2. The highest BCUT2D eigenvalue weighted by Crippen LogP contribution is 2.34. The van der Waals surface area contributed by atoms with Gasteiger partial charge in [-0.05, 0) is 44.8 Å². The molecule has 27 heavy (non-hydrogen) atoms. The minimum absolute atomic E-state index is 0.00776. The summed E-state index contributed by atoms with van der Waals surface area (Å²) < 4.78 is 11.2. The minimum atomic E-state index is -0.902. The standard InChI is InChI=1S/C19H27NO6S/c1-11-18(27-2)14(9-17(23)25-11)26-19(24)13-5-3-12(4-6-13)10-20-15(21)7-8-16(20)22/h7-8,11-14,17-18,23H,3-6,9-10H2,1-2H3/t11-,12-,13-,14+,17-,18-/m1/s1. The zero-order chi connectivity index (χ0) is 19.6. The van der Waals surface area contributed by atoms with Gasteiger partial charge >= 0.3 is 5.97 Å². The van der Waals surface area contributed by atoms with Crippen LogP contribution in [0.5, 0.6) is 0 Å². The molecule has 2 heterocycles. The fourth-order valence-electron chi connectivity index (χ4n) is 4.17. The van der Waals surface area contributed by atoms with Crippen molar-refractivity contribution in [2.24, 2.45) is 11.8 Å². The van der Waals surface area contributed by atoms with Gasteiger partial charge in [0.25, 0.3) is 11.8 Å². The number of esters is 1. The van der Waals surface area contributed by atoms with Crippen LogP contribution in [0.3, 0.4) is 0 Å². The predicted octanol–water partition coefficient (Wildman–Crippen LogP) is 1.49. The van der Waals surface area contributed by atoms with E-state index in [1.165, 1.54) is 17.1 Å². The molecule has 0 aromatic carbocycles. The SMILES string of the molecule is CS[C@H]1[C@@H](OC(=O)[C@H]2CC[C@H](CN3C(=O)C=CC3=O)CC2)C[C@H](O)O[C@@H]1C. The number of aliphatic hydroxyl groups is 1. The Morgan fingerprint density at radius 1 is 1.26 bits per heavy atom. The number of rotatable bonds is 5. The van der Waals surface area contributed by atoms with Gasteiger partial charge in [-0.25, -0.2) is 0 Å². The van der Waals surface area contributed by atoms with Crippen LogP contribution in [-0.2, 0) is 23.9 Å². The topological polar surface area (TPSA) is 93.1 Å². The van der Waals surface area contributed by atoms with Gasteiger partial charge in [-0.15, -0.1) is 0 Å². The highest BCUT2D eigenvalue weighted by Gasteiger charge is 2.39. The molecule has 2 fully saturated rings. The maximum Gasteiger partial charge on any atom is 0.309 e. The van der Waals surface area contributed by atoms with Crippen molar-refractivity contribution in [2.45, 2.75) is 62.8 Å². The molecule has 1 saturated heterocycles. The molecule has 2 amide bonds. The number of amides is 2. The quantitative estimate of drug-likeness (QED) is 0.555. The Morgan fingerprint density at radius 3 is 2.48 bits per heavy atom. The van der Waals surface area contributed by atoms with Gasteiger partial charge in [0, 0.05) is 25.1 Å². The number of thioether (sulfide) groups is 1. The van der Waals surface area contributed by atoms with Crippen LogP contribution in [-0.4, -0.2) is 64.3 Å². The van der Waals surface area contributed by atoms with E-state index >= 15 is 0 Å². The lowest BCUT2D eigenvalue weighted by Gasteiger charge is -2.38. The van der Waals surface area contributed by atoms with E-state index in [2.05, 4.69) is 0 Å². The van der Waals surface area contributed by atoms with Gasteiger partial charge in [0.15, 0.2) is 6.29 Å². The summed E-state index contributed by atoms with van der Waals surface area (Å²) in [5.41, 5.74) is 0. The van der Waals surface area contributed by atoms with E-state index in [1.807, 2.05) is 13.2 Å². The van der Waals surface area contributed by atoms with Crippen molar-refractivity contribution in [3.05, 3.63) is 12.2 Å². The summed E-state index contributed by atoms with van der Waals surface area (Å²) >= 11 is 1.58. The molecular weight excluding hydrogens is 370 g/mol. The largest absolute Gasteiger partial charge is 0.461 e. The Hall–Kier alpha value is -1.38. The molecule has 0 bridgehead atoms. The molecule has 3 aliphatic rings. The lowest BCUT2D eigenvalue weighted by Crippen LogP contribution is -2.47. The molecule has 4 atom stereocenters. The smallest absolute Gasteiger partial charge is 0.309 e. The van der Waals surface area contributed by atoms with E-state index in [-0.39, 0.29) is 47.1 Å². The molecule has 0 radical (unpaired) electrons. The first-order chi connectivity index (χ1) is 12.9. The lowest BCUT2D eigenvalue weighted by atomic mass is 9.81. The van der Waals surface area contributed by atoms with Crippen LogP contribution in [0.4, 0.5) is 0 Å². The summed E-state index contributed by atoms with van der Waals surface area (Å²) in [6, 6.07) is 0. The van der Waals surface area contributed by atoms with Crippen LogP contribution in [0.2, 0.25) is 0 Å². The lowest BCUT2D eigenvalue weighted by molar-refractivity contribution is -0.196. The molecule has 1 aliphatic carbocycles. The van der Waals surface area contributed by atoms with Gasteiger partial charge in [0.2, 0.25) is 0 Å². The summed E-state index contributed by atoms with van der Waals surface area (Å²) in [5, 5.41) is 9.82. The van der Waals surface area contributed by atoms with Gasteiger partial charge in [-0.1, -0.05) is 0 Å². The van der Waals surface area contributed by atoms with E-state index in [0.717, 1.165) is 12.8 Å². The minimum Gasteiger partial charge on any atom is -0.461 e. The third-order valence-electron chi connectivity index (χ3n) is 5.70. The first-order valence-corrected chi connectivity index (χ1v) is 10.8. The number of hydrogen-bond acceptors (Lipinski definition) is 7. The maximum atomic E-state index is 12.6. The van der Waals surface area contributed by atoms with Gasteiger partial charge in [0.05, 0.1) is 17.3 Å². The Labute approximate surface area is 163 Å². The van der Waals surface area contributed by atoms with Crippen molar-refractivity contribution < 1.29 is 29.0 Å². The highest BCUT2D eigenvalue weighted by molar-refractivity contribution is 7.99. The van der Waals surface area contributed by atoms with Crippen molar-refractivity contribution in [3.63, 3.8) is 0 Å². The van der Waals surface area contributed by atoms with E-state index in [1.54, 1.807) is 11.8 Å². The maximum absolute atomic E-state index is 12.6. The molecule has 150 valence electrons. The molecule has 0 aromatic heterocycles. The second-order valence-corrected chi connectivity index (χ2v) is 8.56. The second kappa shape index (κ2) is 8.75. The van der Waals surface area contributed by atoms with Crippen LogP contribution >= 0.6 is 11.8 Å². The Morgan fingerprint density at radius 2 is 1.89 bits per heavy atom. The number of aliphatic hydroxyl groups excluding tert-OH is 1. The van der Waals surface area contributed by atoms with Gasteiger partial charge in [-0.2, -0.15) is 11.8 Å². The molecule has 2 aliphatic heterocycles. The van der Waals surface area contributed by atoms with E-state index in [4.69, 9.17) is 9.47 Å². The number of ether oxygens (including phenoxy) is 2. The number of carbonyl (C=O) groups excluding carboxylic acids is 3. The van der Waals surface area contributed by atoms with E-state index < -0.39 is 6.29 Å². The number of hydrogen-bond donors (Lipinski definition) is 1. The first kappa shape index (κ1) is 20.4. The average Bonchev–Trinajstić information content (AvgIpc) is 2.94. The normalized spacial score (nSPS) is 36.9. The molecule has 0 aromatic rings. The molecule has 7 nitrogen and oxygen atoms in total. The number of imide groups is 1. The summed E-state index contributed by atoms with van der Waals surface area (Å²) in [6.45, 7) is 2.30. The molecule has 0 spiro atoms. The first-order valence-electron chi connectivity index (χ1n) is 9.49. The molecule has 8 heteroatoms. The third kappa shape index (κ3) is 4.73. The van der Waals surface area contributed by atoms with E-state index in [0.29, 0.717) is 25.8 Å². The summed E-state index contributed by atoms with van der Waals surface area (Å²) in [6.07, 6.45) is 6.38. The van der Waals surface area contributed by atoms with Crippen molar-refractivity contribution in [1.82, 2.24) is 4.90 Å². The fraction of sp³-hybridized carbons (Fsp3) is 0.737. The van der Waals surface area contributed by atoms with Crippen LogP contribution in [0.25, 0.3) is 0 Å². The van der Waals surface area contributed by atoms with Gasteiger partial charge < -0.3 is 14.6 Å². The van der Waals surface area contributed by atoms with Crippen molar-refractivity contribution in [1.29, 1.82) is 0 Å². The van der Waals surface area contributed by atoms with E-state index in [9.17, 15) is 19.5 Å². The average molecular weight is 397 g/mol. The van der Waals surface area contributed by atoms with Crippen LogP contribution < -0.4 is 0 Å². The fourth-order valence-corrected chi connectivity index (χ4v) is 5.09. The number of nitrogens with zero attached hydrogens (tertiary/aromatic N) is 1. The molecule has 0 unspecified atom stereocenters. The molecule has 1 N–H and O–H groups in total. The van der Waals surface area contributed by atoms with Crippen molar-refractivity contribution in [3.8, 4) is 0 Å². The summed E-state index contributed by atoms with van der Waals surface area (Å²) in [4.78, 5) is 37.2. The summed E-state index contributed by atoms with van der Waals surface area (Å²) in [5.74, 6) is -0.657.